The molecule has 22 N–H and O–H groups in total. The Balaban J connectivity index is 1.76. The summed E-state index contributed by atoms with van der Waals surface area (Å²) >= 11 is 0. The number of rotatable bonds is 17. The van der Waals surface area contributed by atoms with E-state index in [-0.39, 0.29) is 101 Å². The first-order valence-electron chi connectivity index (χ1n) is 24.6. The van der Waals surface area contributed by atoms with Crippen LogP contribution in [0.25, 0.3) is 10.9 Å². The summed E-state index contributed by atoms with van der Waals surface area (Å²) in [4.78, 5) is 115. The highest BCUT2D eigenvalue weighted by Gasteiger charge is 2.36. The number of nitrogen functional groups attached to an aromatic ring is 1. The number of nitrogens with two attached hydrogens (primary N) is 4. The van der Waals surface area contributed by atoms with Crippen LogP contribution in [0.3, 0.4) is 0 Å². The number of nitrogens with one attached hydrogen (secondary N) is 13. The number of hydrogen-bond acceptors (Lipinski definition) is 13. The van der Waals surface area contributed by atoms with Gasteiger partial charge >= 0.3 is 0 Å². The van der Waals surface area contributed by atoms with E-state index in [0.29, 0.717) is 16.8 Å². The fraction of sp³-hybridized carbons (Fsp3) is 0.469. The minimum atomic E-state index is -1.77. The first kappa shape index (κ1) is 59.1. The van der Waals surface area contributed by atoms with Gasteiger partial charge in [-0.2, -0.15) is 0 Å². The lowest BCUT2D eigenvalue weighted by molar-refractivity contribution is -0.137. The Bertz CT molecular complexity index is 2520. The molecule has 1 saturated heterocycles. The molecule has 26 heteroatoms. The van der Waals surface area contributed by atoms with Gasteiger partial charge in [-0.3, -0.25) is 49.2 Å². The maximum Gasteiger partial charge on any atom is 0.245 e. The SMILES string of the molecule is C=C(N)C1CCCNC(=O)CC[C@H](NC(=O)[C@H](CCCNC(=N)N)NC(C)=O)C(=O)N[C@@H]([C@@H](C)O)C(=O)N[C@H](Cc2ccc(N)cc2)C(=O)N[C@@H](CCCNC(=N)N)C(=O)N[C@@H](Cc2c[nH]c3ccccc23)C(=O)N1. The summed E-state index contributed by atoms with van der Waals surface area (Å²) in [6.45, 7) is 6.61. The van der Waals surface area contributed by atoms with Crippen LogP contribution in [0.4, 0.5) is 5.69 Å². The van der Waals surface area contributed by atoms with E-state index in [2.05, 4.69) is 64.7 Å². The van der Waals surface area contributed by atoms with Crippen molar-refractivity contribution in [2.75, 3.05) is 25.4 Å². The molecule has 0 spiro atoms. The Hall–Kier alpha value is -8.42. The monoisotopic (exact) mass is 1040 g/mol. The van der Waals surface area contributed by atoms with Crippen molar-refractivity contribution in [1.82, 2.24) is 58.2 Å². The number of hydrogen-bond donors (Lipinski definition) is 18. The molecule has 26 nitrogen and oxygen atoms in total. The normalized spacial score (nSPS) is 21.5. The second kappa shape index (κ2) is 29.3. The third-order valence-electron chi connectivity index (χ3n) is 12.2. The number of carbonyl (C=O) groups is 8. The van der Waals surface area contributed by atoms with Gasteiger partial charge in [0, 0.05) is 74.3 Å². The summed E-state index contributed by atoms with van der Waals surface area (Å²) in [5.74, 6) is -6.95. The number of amides is 8. The van der Waals surface area contributed by atoms with Crippen molar-refractivity contribution in [3.63, 3.8) is 0 Å². The van der Waals surface area contributed by atoms with Crippen LogP contribution < -0.4 is 76.1 Å². The predicted molar refractivity (Wildman–Crippen MR) is 281 cm³/mol. The van der Waals surface area contributed by atoms with Crippen LogP contribution in [0.2, 0.25) is 0 Å². The highest BCUT2D eigenvalue weighted by Crippen LogP contribution is 2.20. The zero-order chi connectivity index (χ0) is 55.2. The molecule has 0 aliphatic carbocycles. The summed E-state index contributed by atoms with van der Waals surface area (Å²) in [5.41, 5.74) is 25.5. The van der Waals surface area contributed by atoms with Crippen molar-refractivity contribution < 1.29 is 43.5 Å². The Kier molecular flexibility index (Phi) is 23.1. The molecule has 1 aliphatic rings. The number of carbonyl (C=O) groups excluding carboxylic acids is 8. The van der Waals surface area contributed by atoms with Crippen LogP contribution in [0, 0.1) is 10.8 Å². The van der Waals surface area contributed by atoms with Gasteiger partial charge in [-0.05, 0) is 81.2 Å². The first-order valence-corrected chi connectivity index (χ1v) is 24.6. The largest absolute Gasteiger partial charge is 0.401 e. The van der Waals surface area contributed by atoms with Gasteiger partial charge in [-0.1, -0.05) is 36.9 Å². The van der Waals surface area contributed by atoms with Crippen LogP contribution in [-0.4, -0.2) is 137 Å². The molecule has 0 radical (unpaired) electrons. The van der Waals surface area contributed by atoms with Crippen molar-refractivity contribution in [3.8, 4) is 0 Å². The third-order valence-corrected chi connectivity index (χ3v) is 12.2. The van der Waals surface area contributed by atoms with Crippen LogP contribution in [0.15, 0.2) is 67.0 Å². The predicted octanol–water partition coefficient (Wildman–Crippen LogP) is -2.98. The van der Waals surface area contributed by atoms with E-state index in [9.17, 15) is 43.5 Å². The van der Waals surface area contributed by atoms with E-state index >= 15 is 0 Å². The van der Waals surface area contributed by atoms with Crippen molar-refractivity contribution in [2.24, 2.45) is 17.2 Å². The molecule has 2 heterocycles. The highest BCUT2D eigenvalue weighted by molar-refractivity contribution is 5.98. The fourth-order valence-corrected chi connectivity index (χ4v) is 8.20. The molecule has 3 aromatic rings. The minimum Gasteiger partial charge on any atom is -0.401 e. The lowest BCUT2D eigenvalue weighted by Gasteiger charge is -2.29. The van der Waals surface area contributed by atoms with Gasteiger partial charge in [-0.15, -0.1) is 0 Å². The second-order valence-corrected chi connectivity index (χ2v) is 18.4. The van der Waals surface area contributed by atoms with Gasteiger partial charge in [0.05, 0.1) is 12.1 Å². The second-order valence-electron chi connectivity index (χ2n) is 18.4. The third kappa shape index (κ3) is 19.8. The minimum absolute atomic E-state index is 0.0236. The molecule has 408 valence electrons. The molecule has 2 aromatic carbocycles. The summed E-state index contributed by atoms with van der Waals surface area (Å²) in [7, 11) is 0. The summed E-state index contributed by atoms with van der Waals surface area (Å²) < 4.78 is 0. The van der Waals surface area contributed by atoms with Crippen molar-refractivity contribution >= 4 is 75.8 Å². The molecular formula is C49H73N17O9. The lowest BCUT2D eigenvalue weighted by atomic mass is 10.0. The van der Waals surface area contributed by atoms with E-state index in [1.807, 2.05) is 24.3 Å². The Morgan fingerprint density at radius 2 is 1.40 bits per heavy atom. The molecule has 1 aromatic heterocycles. The zero-order valence-corrected chi connectivity index (χ0v) is 42.2. The van der Waals surface area contributed by atoms with Gasteiger partial charge in [0.25, 0.3) is 0 Å². The Labute approximate surface area is 434 Å². The number of anilines is 1. The van der Waals surface area contributed by atoms with E-state index in [1.54, 1.807) is 30.5 Å². The maximum atomic E-state index is 14.6. The quantitative estimate of drug-likeness (QED) is 0.0278. The van der Waals surface area contributed by atoms with E-state index in [1.165, 1.54) is 13.8 Å². The van der Waals surface area contributed by atoms with Gasteiger partial charge in [-0.25, -0.2) is 0 Å². The number of guanidine groups is 2. The van der Waals surface area contributed by atoms with Gasteiger partial charge in [0.2, 0.25) is 47.3 Å². The number of benzene rings is 2. The Morgan fingerprint density at radius 1 is 0.787 bits per heavy atom. The molecule has 1 unspecified atom stereocenters. The van der Waals surface area contributed by atoms with E-state index in [4.69, 9.17) is 33.8 Å². The zero-order valence-electron chi connectivity index (χ0n) is 42.2. The first-order chi connectivity index (χ1) is 35.6. The lowest BCUT2D eigenvalue weighted by Crippen LogP contribution is -2.62. The van der Waals surface area contributed by atoms with Gasteiger partial charge in [0.1, 0.15) is 36.3 Å². The number of para-hydroxylation sites is 1. The number of H-pyrrole nitrogens is 1. The smallest absolute Gasteiger partial charge is 0.245 e. The average Bonchev–Trinajstić information content (AvgIpc) is 3.76. The molecule has 8 atom stereocenters. The molecule has 0 saturated carbocycles. The van der Waals surface area contributed by atoms with E-state index in [0.717, 1.165) is 10.9 Å². The van der Waals surface area contributed by atoms with Gasteiger partial charge < -0.3 is 86.2 Å². The molecule has 8 amide bonds. The van der Waals surface area contributed by atoms with Crippen LogP contribution in [0.1, 0.15) is 76.3 Å². The number of aliphatic hydroxyl groups is 1. The van der Waals surface area contributed by atoms with Crippen molar-refractivity contribution in [3.05, 3.63) is 78.1 Å². The van der Waals surface area contributed by atoms with Crippen LogP contribution in [-0.2, 0) is 51.2 Å². The summed E-state index contributed by atoms with van der Waals surface area (Å²) in [6.07, 6.45) is 0.0408. The number of aromatic nitrogens is 1. The molecular weight excluding hydrogens is 971 g/mol. The molecule has 4 rings (SSSR count). The highest BCUT2D eigenvalue weighted by atomic mass is 16.3. The standard InChI is InChI=1S/C49H73N17O9/c1-26(50)33-11-6-20-56-40(69)19-18-37(63-42(70)35(60-28(3)68)12-7-21-57-48(52)53)44(72)66-41(27(2)67)47(75)65-38(23-29-14-16-31(51)17-15-29)45(73)62-36(13-8-22-58-49(54)55)43(71)64-39(46(74)61-33)24-30-25-59-34-10-5-4-9-32(30)34/h4-5,9-10,14-17,25,27,33,35-39,41,59,67H,1,6-8,11-13,18-24,50-51H2,2-3H3,(H,56,69)(H,60,68)(H,61,74)(H,62,73)(H,63,70)(H,64,71)(H,65,75)(H,66,72)(H4,52,53,57)(H4,54,55,58)/t27-,33?,35+,36+,37+,38-,39+,41+/m1/s1. The summed E-state index contributed by atoms with van der Waals surface area (Å²) in [6, 6.07) is 4.26. The molecule has 75 heavy (non-hydrogen) atoms. The fourth-order valence-electron chi connectivity index (χ4n) is 8.20. The number of fused-ring (bicyclic) bond motifs is 1. The molecule has 1 fully saturated rings. The Morgan fingerprint density at radius 3 is 2.05 bits per heavy atom. The topological polar surface area (TPSA) is 445 Å². The average molecular weight is 1040 g/mol. The number of aromatic amines is 1. The maximum absolute atomic E-state index is 14.6. The van der Waals surface area contributed by atoms with Crippen LogP contribution >= 0.6 is 0 Å². The molecule has 1 aliphatic heterocycles. The number of aliphatic hydroxyl groups excluding tert-OH is 1. The van der Waals surface area contributed by atoms with Crippen molar-refractivity contribution in [2.45, 2.75) is 126 Å². The van der Waals surface area contributed by atoms with Crippen molar-refractivity contribution in [1.29, 1.82) is 10.8 Å². The molecule has 0 bridgehead atoms. The van der Waals surface area contributed by atoms with Gasteiger partial charge in [0.15, 0.2) is 11.9 Å². The van der Waals surface area contributed by atoms with E-state index < -0.39 is 95.7 Å². The summed E-state index contributed by atoms with van der Waals surface area (Å²) in [5, 5.41) is 53.4. The van der Waals surface area contributed by atoms with Crippen LogP contribution in [0.5, 0.6) is 0 Å².